The van der Waals surface area contributed by atoms with Crippen molar-refractivity contribution in [2.24, 2.45) is 0 Å². The maximum absolute atomic E-state index is 12.7. The van der Waals surface area contributed by atoms with Gasteiger partial charge >= 0.3 is 0 Å². The van der Waals surface area contributed by atoms with Crippen LogP contribution in [0.5, 0.6) is 0 Å². The molecule has 4 aromatic rings. The molecule has 1 heterocycles. The van der Waals surface area contributed by atoms with E-state index in [1.165, 1.54) is 23.4 Å². The number of para-hydroxylation sites is 1. The Labute approximate surface area is 211 Å². The number of anilines is 3. The summed E-state index contributed by atoms with van der Waals surface area (Å²) in [5, 5.41) is 2.84. The van der Waals surface area contributed by atoms with Crippen molar-refractivity contribution in [1.29, 1.82) is 0 Å². The van der Waals surface area contributed by atoms with Crippen LogP contribution in [0.1, 0.15) is 27.0 Å². The third-order valence-electron chi connectivity index (χ3n) is 6.27. The summed E-state index contributed by atoms with van der Waals surface area (Å²) in [4.78, 5) is 15.2. The first kappa shape index (κ1) is 23.6. The first-order chi connectivity index (χ1) is 17.4. The Hall–Kier alpha value is -4.10. The molecule has 5 rings (SSSR count). The maximum Gasteiger partial charge on any atom is 0.261 e. The largest absolute Gasteiger partial charge is 0.367 e. The molecule has 7 heteroatoms. The molecule has 0 unspecified atom stereocenters. The minimum absolute atomic E-state index is 0.120. The highest BCUT2D eigenvalue weighted by atomic mass is 32.2. The summed E-state index contributed by atoms with van der Waals surface area (Å²) < 4.78 is 28.0. The zero-order valence-corrected chi connectivity index (χ0v) is 20.8. The van der Waals surface area contributed by atoms with Crippen LogP contribution in [0.4, 0.5) is 17.1 Å². The number of rotatable bonds is 7. The number of hydrogen-bond acceptors (Lipinski definition) is 4. The van der Waals surface area contributed by atoms with Gasteiger partial charge in [0.2, 0.25) is 0 Å². The molecule has 1 amide bonds. The molecule has 0 aromatic heterocycles. The first-order valence-corrected chi connectivity index (χ1v) is 13.3. The van der Waals surface area contributed by atoms with Gasteiger partial charge in [-0.15, -0.1) is 0 Å². The number of benzene rings is 4. The van der Waals surface area contributed by atoms with Crippen molar-refractivity contribution < 1.29 is 13.2 Å². The van der Waals surface area contributed by atoms with E-state index in [0.717, 1.165) is 30.6 Å². The van der Waals surface area contributed by atoms with E-state index in [1.54, 1.807) is 30.3 Å². The van der Waals surface area contributed by atoms with Crippen molar-refractivity contribution in [2.75, 3.05) is 21.5 Å². The second-order valence-electron chi connectivity index (χ2n) is 8.95. The average molecular weight is 498 g/mol. The van der Waals surface area contributed by atoms with Crippen LogP contribution in [0.15, 0.2) is 102 Å². The summed E-state index contributed by atoms with van der Waals surface area (Å²) in [7, 11) is -3.73. The van der Waals surface area contributed by atoms with E-state index in [4.69, 9.17) is 0 Å². The smallest absolute Gasteiger partial charge is 0.261 e. The molecular weight excluding hydrogens is 470 g/mol. The molecule has 0 saturated heterocycles. The van der Waals surface area contributed by atoms with E-state index >= 15 is 0 Å². The molecule has 182 valence electrons. The lowest BCUT2D eigenvalue weighted by molar-refractivity contribution is 0.102. The van der Waals surface area contributed by atoms with Crippen LogP contribution in [0.25, 0.3) is 0 Å². The van der Waals surface area contributed by atoms with Crippen LogP contribution in [0.2, 0.25) is 0 Å². The van der Waals surface area contributed by atoms with Crippen LogP contribution in [-0.2, 0) is 23.0 Å². The zero-order chi connectivity index (χ0) is 25.1. The van der Waals surface area contributed by atoms with Gasteiger partial charge in [0.25, 0.3) is 15.9 Å². The van der Waals surface area contributed by atoms with E-state index in [0.29, 0.717) is 16.9 Å². The fraction of sp³-hybridized carbons (Fsp3) is 0.138. The highest BCUT2D eigenvalue weighted by Crippen LogP contribution is 2.29. The lowest BCUT2D eigenvalue weighted by atomic mass is 10.1. The Kier molecular flexibility index (Phi) is 6.48. The fourth-order valence-electron chi connectivity index (χ4n) is 4.40. The average Bonchev–Trinajstić information content (AvgIpc) is 3.27. The molecule has 36 heavy (non-hydrogen) atoms. The molecule has 1 aliphatic rings. The van der Waals surface area contributed by atoms with Crippen LogP contribution < -0.4 is 14.9 Å². The number of sulfonamides is 1. The minimum atomic E-state index is -3.73. The molecule has 4 aromatic carbocycles. The van der Waals surface area contributed by atoms with Crippen LogP contribution in [0.3, 0.4) is 0 Å². The lowest BCUT2D eigenvalue weighted by Crippen LogP contribution is -2.19. The molecule has 0 fully saturated rings. The Morgan fingerprint density at radius 3 is 2.36 bits per heavy atom. The number of aryl methyl sites for hydroxylation is 1. The molecule has 6 nitrogen and oxygen atoms in total. The summed E-state index contributed by atoms with van der Waals surface area (Å²) in [6.07, 6.45) is 1.05. The maximum atomic E-state index is 12.7. The number of hydrogen-bond donors (Lipinski definition) is 2. The van der Waals surface area contributed by atoms with Gasteiger partial charge in [-0.2, -0.15) is 0 Å². The summed E-state index contributed by atoms with van der Waals surface area (Å²) >= 11 is 0. The van der Waals surface area contributed by atoms with Gasteiger partial charge in [0, 0.05) is 35.7 Å². The Morgan fingerprint density at radius 1 is 0.861 bits per heavy atom. The second-order valence-corrected chi connectivity index (χ2v) is 10.6. The molecule has 0 aliphatic carbocycles. The van der Waals surface area contributed by atoms with Crippen LogP contribution >= 0.6 is 0 Å². The van der Waals surface area contributed by atoms with Crippen molar-refractivity contribution in [3.8, 4) is 0 Å². The highest BCUT2D eigenvalue weighted by Gasteiger charge is 2.18. The SMILES string of the molecule is Cc1cccc(NS(=O)(=O)c2ccc(NC(=O)c3ccc(CN4CCc5ccccc54)cc3)cc2)c1. The third kappa shape index (κ3) is 5.26. The predicted molar refractivity (Wildman–Crippen MR) is 144 cm³/mol. The summed E-state index contributed by atoms with van der Waals surface area (Å²) in [5.41, 5.74) is 6.31. The highest BCUT2D eigenvalue weighted by molar-refractivity contribution is 7.92. The summed E-state index contributed by atoms with van der Waals surface area (Å²) in [6, 6.07) is 29.3. The number of nitrogens with zero attached hydrogens (tertiary/aromatic N) is 1. The van der Waals surface area contributed by atoms with Crippen molar-refractivity contribution in [1.82, 2.24) is 0 Å². The zero-order valence-electron chi connectivity index (χ0n) is 19.9. The van der Waals surface area contributed by atoms with Gasteiger partial charge < -0.3 is 10.2 Å². The molecular formula is C29H27N3O3S. The molecule has 0 saturated carbocycles. The van der Waals surface area contributed by atoms with Gasteiger partial charge in [-0.25, -0.2) is 8.42 Å². The molecule has 0 spiro atoms. The van der Waals surface area contributed by atoms with Gasteiger partial charge in [-0.05, 0) is 84.6 Å². The van der Waals surface area contributed by atoms with Gasteiger partial charge in [0.1, 0.15) is 0 Å². The van der Waals surface area contributed by atoms with E-state index in [9.17, 15) is 13.2 Å². The number of carbonyl (C=O) groups excluding carboxylic acids is 1. The normalized spacial score (nSPS) is 12.8. The molecule has 0 atom stereocenters. The minimum Gasteiger partial charge on any atom is -0.367 e. The molecule has 2 N–H and O–H groups in total. The number of amides is 1. The monoisotopic (exact) mass is 497 g/mol. The van der Waals surface area contributed by atoms with Gasteiger partial charge in [0.15, 0.2) is 0 Å². The summed E-state index contributed by atoms with van der Waals surface area (Å²) in [6.45, 7) is 3.69. The fourth-order valence-corrected chi connectivity index (χ4v) is 5.45. The Bertz CT molecular complexity index is 1500. The van der Waals surface area contributed by atoms with E-state index in [1.807, 2.05) is 37.3 Å². The molecule has 0 radical (unpaired) electrons. The third-order valence-corrected chi connectivity index (χ3v) is 7.66. The van der Waals surface area contributed by atoms with Gasteiger partial charge in [0.05, 0.1) is 4.90 Å². The van der Waals surface area contributed by atoms with E-state index in [2.05, 4.69) is 39.2 Å². The van der Waals surface area contributed by atoms with Gasteiger partial charge in [-0.1, -0.05) is 42.5 Å². The predicted octanol–water partition coefficient (Wildman–Crippen LogP) is 5.61. The topological polar surface area (TPSA) is 78.5 Å². The van der Waals surface area contributed by atoms with Gasteiger partial charge in [-0.3, -0.25) is 9.52 Å². The van der Waals surface area contributed by atoms with Crippen molar-refractivity contribution >= 4 is 33.0 Å². The second kappa shape index (κ2) is 9.87. The van der Waals surface area contributed by atoms with Crippen molar-refractivity contribution in [2.45, 2.75) is 24.8 Å². The summed E-state index contributed by atoms with van der Waals surface area (Å²) in [5.74, 6) is -0.249. The van der Waals surface area contributed by atoms with Crippen LogP contribution in [-0.4, -0.2) is 20.9 Å². The van der Waals surface area contributed by atoms with E-state index < -0.39 is 10.0 Å². The number of nitrogens with one attached hydrogen (secondary N) is 2. The quantitative estimate of drug-likeness (QED) is 0.348. The molecule has 0 bridgehead atoms. The van der Waals surface area contributed by atoms with Crippen molar-refractivity contribution in [3.05, 3.63) is 119 Å². The Morgan fingerprint density at radius 2 is 1.61 bits per heavy atom. The van der Waals surface area contributed by atoms with Crippen LogP contribution in [0, 0.1) is 6.92 Å². The number of fused-ring (bicyclic) bond motifs is 1. The number of carbonyl (C=O) groups is 1. The standard InChI is InChI=1S/C29H27N3O3S/c1-21-5-4-7-26(19-21)31-36(34,35)27-15-13-25(14-16-27)30-29(33)24-11-9-22(10-12-24)20-32-18-17-23-6-2-3-8-28(23)32/h2-16,19,31H,17-18,20H2,1H3,(H,30,33). The molecule has 1 aliphatic heterocycles. The Balaban J connectivity index is 1.21. The van der Waals surface area contributed by atoms with E-state index in [-0.39, 0.29) is 10.8 Å². The lowest BCUT2D eigenvalue weighted by Gasteiger charge is -2.19. The van der Waals surface area contributed by atoms with Crippen molar-refractivity contribution in [3.63, 3.8) is 0 Å². The first-order valence-electron chi connectivity index (χ1n) is 11.8.